The summed E-state index contributed by atoms with van der Waals surface area (Å²) >= 11 is 0. The van der Waals surface area contributed by atoms with E-state index in [0.29, 0.717) is 16.7 Å². The molecule has 0 spiro atoms. The molecule has 0 fully saturated rings. The van der Waals surface area contributed by atoms with E-state index >= 15 is 0 Å². The van der Waals surface area contributed by atoms with E-state index in [1.54, 1.807) is 43.3 Å². The van der Waals surface area contributed by atoms with Crippen LogP contribution in [0, 0.1) is 18.6 Å². The van der Waals surface area contributed by atoms with Crippen LogP contribution in [0.2, 0.25) is 0 Å². The molecule has 0 heterocycles. The largest absolute Gasteiger partial charge is 0.203 e. The van der Waals surface area contributed by atoms with E-state index in [-0.39, 0.29) is 7.43 Å². The van der Waals surface area contributed by atoms with Crippen LogP contribution in [0.25, 0.3) is 11.1 Å². The molecule has 0 aliphatic heterocycles. The normalized spacial score (nSPS) is 9.69. The summed E-state index contributed by atoms with van der Waals surface area (Å²) < 4.78 is 26.9. The van der Waals surface area contributed by atoms with Crippen molar-refractivity contribution >= 4 is 0 Å². The van der Waals surface area contributed by atoms with Gasteiger partial charge in [-0.2, -0.15) is 0 Å². The molecule has 0 aromatic heterocycles. The summed E-state index contributed by atoms with van der Waals surface area (Å²) in [5.41, 5.74) is 1.32. The Kier molecular flexibility index (Phi) is 3.78. The first-order chi connectivity index (χ1) is 7.20. The fourth-order valence-corrected chi connectivity index (χ4v) is 1.49. The third kappa shape index (κ3) is 2.11. The second-order valence-electron chi connectivity index (χ2n) is 3.42. The van der Waals surface area contributed by atoms with Gasteiger partial charge in [-0.15, -0.1) is 0 Å². The van der Waals surface area contributed by atoms with E-state index in [0.717, 1.165) is 0 Å². The first-order valence-corrected chi connectivity index (χ1v) is 4.70. The van der Waals surface area contributed by atoms with Crippen LogP contribution in [-0.2, 0) is 0 Å². The van der Waals surface area contributed by atoms with Crippen molar-refractivity contribution < 1.29 is 8.78 Å². The maximum absolute atomic E-state index is 13.6. The van der Waals surface area contributed by atoms with Gasteiger partial charge in [-0.25, -0.2) is 8.78 Å². The zero-order chi connectivity index (χ0) is 10.8. The minimum absolute atomic E-state index is 0. The Hall–Kier alpha value is -1.70. The number of hydrogen-bond acceptors (Lipinski definition) is 0. The minimum Gasteiger partial charge on any atom is -0.203 e. The molecule has 0 bridgehead atoms. The Morgan fingerprint density at radius 3 is 2.06 bits per heavy atom. The lowest BCUT2D eigenvalue weighted by molar-refractivity contribution is 0.505. The lowest BCUT2D eigenvalue weighted by Gasteiger charge is -2.05. The van der Waals surface area contributed by atoms with Crippen molar-refractivity contribution in [2.24, 2.45) is 0 Å². The van der Waals surface area contributed by atoms with Gasteiger partial charge in [0.1, 0.15) is 0 Å². The fourth-order valence-electron chi connectivity index (χ4n) is 1.49. The number of rotatable bonds is 1. The van der Waals surface area contributed by atoms with Gasteiger partial charge in [-0.05, 0) is 18.1 Å². The van der Waals surface area contributed by atoms with Gasteiger partial charge in [0, 0.05) is 5.56 Å². The van der Waals surface area contributed by atoms with Gasteiger partial charge >= 0.3 is 0 Å². The van der Waals surface area contributed by atoms with Gasteiger partial charge in [0.05, 0.1) is 0 Å². The first kappa shape index (κ1) is 12.4. The van der Waals surface area contributed by atoms with Gasteiger partial charge in [-0.1, -0.05) is 49.9 Å². The molecule has 2 rings (SSSR count). The van der Waals surface area contributed by atoms with Crippen LogP contribution in [0.1, 0.15) is 13.0 Å². The Balaban J connectivity index is 0.00000128. The van der Waals surface area contributed by atoms with E-state index in [4.69, 9.17) is 0 Å². The smallest absolute Gasteiger partial charge is 0.166 e. The molecule has 0 aliphatic rings. The highest BCUT2D eigenvalue weighted by Crippen LogP contribution is 2.25. The molecule has 2 heteroatoms. The summed E-state index contributed by atoms with van der Waals surface area (Å²) in [5, 5.41) is 0. The molecular formula is C14H14F2. The molecule has 0 N–H and O–H groups in total. The van der Waals surface area contributed by atoms with E-state index in [1.807, 2.05) is 6.07 Å². The molecule has 0 aliphatic carbocycles. The molecule has 0 nitrogen and oxygen atoms in total. The summed E-state index contributed by atoms with van der Waals surface area (Å²) in [6, 6.07) is 12.1. The minimum atomic E-state index is -0.777. The third-order valence-corrected chi connectivity index (χ3v) is 2.36. The van der Waals surface area contributed by atoms with Crippen LogP contribution in [0.15, 0.2) is 42.5 Å². The second kappa shape index (κ2) is 4.88. The Morgan fingerprint density at radius 1 is 0.812 bits per heavy atom. The Bertz CT molecular complexity index is 476. The second-order valence-corrected chi connectivity index (χ2v) is 3.42. The molecule has 0 atom stereocenters. The highest BCUT2D eigenvalue weighted by molar-refractivity contribution is 5.64. The fraction of sp³-hybridized carbons (Fsp3) is 0.143. The van der Waals surface area contributed by atoms with Gasteiger partial charge in [0.15, 0.2) is 11.6 Å². The van der Waals surface area contributed by atoms with E-state index in [2.05, 4.69) is 0 Å². The number of hydrogen-bond donors (Lipinski definition) is 0. The molecule has 16 heavy (non-hydrogen) atoms. The molecule has 0 unspecified atom stereocenters. The van der Waals surface area contributed by atoms with Crippen molar-refractivity contribution in [2.45, 2.75) is 14.4 Å². The predicted octanol–water partition coefficient (Wildman–Crippen LogP) is 4.58. The van der Waals surface area contributed by atoms with Crippen molar-refractivity contribution in [3.8, 4) is 11.1 Å². The molecule has 0 saturated heterocycles. The monoisotopic (exact) mass is 220 g/mol. The van der Waals surface area contributed by atoms with Gasteiger partial charge in [0.2, 0.25) is 0 Å². The summed E-state index contributed by atoms with van der Waals surface area (Å²) in [5.74, 6) is -1.54. The van der Waals surface area contributed by atoms with Gasteiger partial charge in [-0.3, -0.25) is 0 Å². The van der Waals surface area contributed by atoms with Crippen LogP contribution in [0.4, 0.5) is 8.78 Å². The average molecular weight is 220 g/mol. The quantitative estimate of drug-likeness (QED) is 0.660. The summed E-state index contributed by atoms with van der Waals surface area (Å²) in [6.45, 7) is 1.55. The first-order valence-electron chi connectivity index (χ1n) is 4.70. The van der Waals surface area contributed by atoms with Crippen molar-refractivity contribution in [3.05, 3.63) is 59.7 Å². The van der Waals surface area contributed by atoms with Crippen molar-refractivity contribution in [2.75, 3.05) is 0 Å². The van der Waals surface area contributed by atoms with Crippen molar-refractivity contribution in [1.82, 2.24) is 0 Å². The molecule has 0 saturated carbocycles. The summed E-state index contributed by atoms with van der Waals surface area (Å²) in [7, 11) is 0. The van der Waals surface area contributed by atoms with Crippen molar-refractivity contribution in [1.29, 1.82) is 0 Å². The Morgan fingerprint density at radius 2 is 1.44 bits per heavy atom. The molecule has 0 amide bonds. The number of benzene rings is 2. The molecular weight excluding hydrogens is 206 g/mol. The molecule has 2 aromatic rings. The SMILES string of the molecule is C.Cc1ccc(-c2ccccc2)c(F)c1F. The van der Waals surface area contributed by atoms with Crippen LogP contribution in [-0.4, -0.2) is 0 Å². The summed E-state index contributed by atoms with van der Waals surface area (Å²) in [4.78, 5) is 0. The van der Waals surface area contributed by atoms with Crippen LogP contribution in [0.3, 0.4) is 0 Å². The van der Waals surface area contributed by atoms with Crippen LogP contribution < -0.4 is 0 Å². The Labute approximate surface area is 94.6 Å². The van der Waals surface area contributed by atoms with E-state index in [9.17, 15) is 8.78 Å². The highest BCUT2D eigenvalue weighted by atomic mass is 19.2. The van der Waals surface area contributed by atoms with Crippen molar-refractivity contribution in [3.63, 3.8) is 0 Å². The maximum Gasteiger partial charge on any atom is 0.166 e. The average Bonchev–Trinajstić information content (AvgIpc) is 2.27. The zero-order valence-electron chi connectivity index (χ0n) is 8.30. The van der Waals surface area contributed by atoms with E-state index < -0.39 is 11.6 Å². The van der Waals surface area contributed by atoms with Gasteiger partial charge < -0.3 is 0 Å². The topological polar surface area (TPSA) is 0 Å². The third-order valence-electron chi connectivity index (χ3n) is 2.36. The lowest BCUT2D eigenvalue weighted by atomic mass is 10.0. The summed E-state index contributed by atoms with van der Waals surface area (Å²) in [6.07, 6.45) is 0. The van der Waals surface area contributed by atoms with Gasteiger partial charge in [0.25, 0.3) is 0 Å². The predicted molar refractivity (Wildman–Crippen MR) is 63.3 cm³/mol. The highest BCUT2D eigenvalue weighted by Gasteiger charge is 2.11. The maximum atomic E-state index is 13.6. The number of halogens is 2. The lowest BCUT2D eigenvalue weighted by Crippen LogP contribution is -1.92. The molecule has 84 valence electrons. The molecule has 2 aromatic carbocycles. The standard InChI is InChI=1S/C13H10F2.CH4/c1-9-7-8-11(13(15)12(9)14)10-5-3-2-4-6-10;/h2-8H,1H3;1H4. The van der Waals surface area contributed by atoms with E-state index in [1.165, 1.54) is 0 Å². The zero-order valence-corrected chi connectivity index (χ0v) is 8.30. The molecule has 0 radical (unpaired) electrons. The van der Waals surface area contributed by atoms with Crippen LogP contribution >= 0.6 is 0 Å². The van der Waals surface area contributed by atoms with Crippen LogP contribution in [0.5, 0.6) is 0 Å². The number of aryl methyl sites for hydroxylation is 1.